The van der Waals surface area contributed by atoms with Gasteiger partial charge >= 0.3 is 0 Å². The van der Waals surface area contributed by atoms with Crippen molar-refractivity contribution in [3.63, 3.8) is 0 Å². The molecule has 3 N–H and O–H groups in total. The van der Waals surface area contributed by atoms with E-state index in [0.717, 1.165) is 35.1 Å². The summed E-state index contributed by atoms with van der Waals surface area (Å²) in [5, 5.41) is 6.47. The number of nitrogens with one attached hydrogen (secondary N) is 3. The first-order valence-corrected chi connectivity index (χ1v) is 10.7. The summed E-state index contributed by atoms with van der Waals surface area (Å²) in [7, 11) is 1.59. The lowest BCUT2D eigenvalue weighted by atomic mass is 9.91. The lowest BCUT2D eigenvalue weighted by Gasteiger charge is -2.17. The topological polar surface area (TPSA) is 99.8 Å². The van der Waals surface area contributed by atoms with Gasteiger partial charge in [0.1, 0.15) is 17.7 Å². The number of carbonyl (C=O) groups is 2. The number of aromatic amines is 1. The van der Waals surface area contributed by atoms with Gasteiger partial charge in [0.25, 0.3) is 11.8 Å². The van der Waals surface area contributed by atoms with Crippen LogP contribution in [-0.4, -0.2) is 40.4 Å². The van der Waals surface area contributed by atoms with Crippen LogP contribution in [0.5, 0.6) is 0 Å². The largest absolute Gasteiger partial charge is 0.354 e. The molecule has 2 amide bonds. The normalized spacial score (nSPS) is 17.3. The van der Waals surface area contributed by atoms with Gasteiger partial charge in [-0.1, -0.05) is 55.9 Å². The third kappa shape index (κ3) is 4.61. The standard InChI is InChI=1S/C25H27N5O2/c1-25(2)11-5-4-6-18(13-25)23(31)27-14-16-7-9-17(10-8-16)21-19-12-20(24(32)26-3)30-22(19)29-15-28-21/h4-7,9,11-13,15H,8,10,14H2,1-3H3,(H,26,32)(H,27,31)(H,28,29,30). The van der Waals surface area contributed by atoms with Gasteiger partial charge in [0.15, 0.2) is 0 Å². The van der Waals surface area contributed by atoms with Gasteiger partial charge in [0.05, 0.1) is 5.69 Å². The molecule has 4 rings (SSSR count). The molecule has 7 heteroatoms. The van der Waals surface area contributed by atoms with Gasteiger partial charge in [-0.2, -0.15) is 0 Å². The van der Waals surface area contributed by atoms with E-state index in [4.69, 9.17) is 0 Å². The number of nitrogens with zero attached hydrogens (tertiary/aromatic N) is 2. The predicted octanol–water partition coefficient (Wildman–Crippen LogP) is 3.62. The second kappa shape index (κ2) is 8.78. The summed E-state index contributed by atoms with van der Waals surface area (Å²) in [6.45, 7) is 4.66. The summed E-state index contributed by atoms with van der Waals surface area (Å²) in [4.78, 5) is 36.3. The number of rotatable bonds is 5. The number of aromatic nitrogens is 3. The van der Waals surface area contributed by atoms with Crippen LogP contribution in [0.2, 0.25) is 0 Å². The van der Waals surface area contributed by atoms with E-state index >= 15 is 0 Å². The molecule has 2 aliphatic carbocycles. The average molecular weight is 430 g/mol. The zero-order valence-electron chi connectivity index (χ0n) is 18.5. The third-order valence-corrected chi connectivity index (χ3v) is 5.62. The van der Waals surface area contributed by atoms with Crippen molar-refractivity contribution in [3.8, 4) is 0 Å². The Labute approximate surface area is 187 Å². The first-order valence-electron chi connectivity index (χ1n) is 10.7. The van der Waals surface area contributed by atoms with Gasteiger partial charge < -0.3 is 15.6 Å². The maximum absolute atomic E-state index is 12.6. The van der Waals surface area contributed by atoms with Gasteiger partial charge in [-0.3, -0.25) is 9.59 Å². The lowest BCUT2D eigenvalue weighted by Crippen LogP contribution is -2.27. The highest BCUT2D eigenvalue weighted by molar-refractivity contribution is 5.99. The minimum atomic E-state index is -0.192. The van der Waals surface area contributed by atoms with E-state index in [2.05, 4.69) is 45.5 Å². The van der Waals surface area contributed by atoms with Crippen LogP contribution in [0.4, 0.5) is 0 Å². The second-order valence-electron chi connectivity index (χ2n) is 8.59. The van der Waals surface area contributed by atoms with Crippen LogP contribution in [0.25, 0.3) is 16.6 Å². The Morgan fingerprint density at radius 2 is 1.97 bits per heavy atom. The summed E-state index contributed by atoms with van der Waals surface area (Å²) < 4.78 is 0. The fourth-order valence-electron chi connectivity index (χ4n) is 3.87. The fourth-order valence-corrected chi connectivity index (χ4v) is 3.87. The highest BCUT2D eigenvalue weighted by atomic mass is 16.2. The van der Waals surface area contributed by atoms with Crippen molar-refractivity contribution >= 4 is 28.4 Å². The van der Waals surface area contributed by atoms with Gasteiger partial charge in [-0.05, 0) is 30.6 Å². The molecule has 0 unspecified atom stereocenters. The molecule has 0 saturated heterocycles. The molecule has 7 nitrogen and oxygen atoms in total. The number of fused-ring (bicyclic) bond motifs is 1. The highest BCUT2D eigenvalue weighted by Crippen LogP contribution is 2.30. The first kappa shape index (κ1) is 21.5. The van der Waals surface area contributed by atoms with E-state index in [1.165, 1.54) is 6.33 Å². The molecule has 32 heavy (non-hydrogen) atoms. The molecule has 0 fully saturated rings. The molecule has 0 aliphatic heterocycles. The van der Waals surface area contributed by atoms with Gasteiger partial charge in [0.2, 0.25) is 0 Å². The Balaban J connectivity index is 1.47. The van der Waals surface area contributed by atoms with Crippen molar-refractivity contribution in [1.82, 2.24) is 25.6 Å². The Kier molecular flexibility index (Phi) is 5.90. The van der Waals surface area contributed by atoms with E-state index in [-0.39, 0.29) is 17.2 Å². The molecule has 0 atom stereocenters. The van der Waals surface area contributed by atoms with Crippen molar-refractivity contribution in [3.05, 3.63) is 77.5 Å². The minimum Gasteiger partial charge on any atom is -0.354 e. The predicted molar refractivity (Wildman–Crippen MR) is 126 cm³/mol. The van der Waals surface area contributed by atoms with E-state index in [0.29, 0.717) is 23.5 Å². The SMILES string of the molecule is CNC(=O)c1cc2c(C3=CC=C(CNC(=O)C4=CC(C)(C)C=CC=C4)CC3)ncnc2[nH]1. The molecule has 2 aromatic rings. The lowest BCUT2D eigenvalue weighted by molar-refractivity contribution is -0.117. The van der Waals surface area contributed by atoms with E-state index in [1.807, 2.05) is 36.5 Å². The van der Waals surface area contributed by atoms with Crippen LogP contribution >= 0.6 is 0 Å². The maximum atomic E-state index is 12.6. The Bertz CT molecular complexity index is 1220. The average Bonchev–Trinajstić information content (AvgIpc) is 3.15. The molecule has 0 spiro atoms. The third-order valence-electron chi connectivity index (χ3n) is 5.62. The molecule has 0 saturated carbocycles. The summed E-state index contributed by atoms with van der Waals surface area (Å²) in [5.41, 5.74) is 4.68. The van der Waals surface area contributed by atoms with Crippen molar-refractivity contribution in [1.29, 1.82) is 0 Å². The smallest absolute Gasteiger partial charge is 0.267 e. The van der Waals surface area contributed by atoms with Crippen molar-refractivity contribution < 1.29 is 9.59 Å². The van der Waals surface area contributed by atoms with Crippen LogP contribution < -0.4 is 10.6 Å². The fraction of sp³-hybridized carbons (Fsp3) is 0.280. The van der Waals surface area contributed by atoms with Gasteiger partial charge in [0, 0.05) is 30.0 Å². The zero-order valence-corrected chi connectivity index (χ0v) is 18.5. The summed E-state index contributed by atoms with van der Waals surface area (Å²) in [6, 6.07) is 1.79. The molecule has 2 heterocycles. The molecule has 0 radical (unpaired) electrons. The molecule has 0 aromatic carbocycles. The molecule has 2 aliphatic rings. The van der Waals surface area contributed by atoms with Crippen LogP contribution in [0.3, 0.4) is 0 Å². The monoisotopic (exact) mass is 429 g/mol. The van der Waals surface area contributed by atoms with Crippen molar-refractivity contribution in [2.75, 3.05) is 13.6 Å². The van der Waals surface area contributed by atoms with E-state index < -0.39 is 0 Å². The van der Waals surface area contributed by atoms with Crippen LogP contribution in [-0.2, 0) is 4.79 Å². The first-order chi connectivity index (χ1) is 15.4. The van der Waals surface area contributed by atoms with Crippen molar-refractivity contribution in [2.45, 2.75) is 26.7 Å². The Morgan fingerprint density at radius 3 is 2.72 bits per heavy atom. The molecule has 164 valence electrons. The molecular weight excluding hydrogens is 402 g/mol. The van der Waals surface area contributed by atoms with Crippen LogP contribution in [0, 0.1) is 5.41 Å². The number of amides is 2. The van der Waals surface area contributed by atoms with Gasteiger partial charge in [-0.25, -0.2) is 9.97 Å². The van der Waals surface area contributed by atoms with E-state index in [9.17, 15) is 9.59 Å². The number of H-pyrrole nitrogens is 1. The zero-order chi connectivity index (χ0) is 22.7. The van der Waals surface area contributed by atoms with Crippen molar-refractivity contribution in [2.24, 2.45) is 5.41 Å². The Morgan fingerprint density at radius 1 is 1.12 bits per heavy atom. The Hall–Kier alpha value is -3.74. The summed E-state index contributed by atoms with van der Waals surface area (Å²) >= 11 is 0. The van der Waals surface area contributed by atoms with Crippen LogP contribution in [0.15, 0.2) is 66.1 Å². The summed E-state index contributed by atoms with van der Waals surface area (Å²) in [5.74, 6) is -0.262. The number of hydrogen-bond donors (Lipinski definition) is 3. The maximum Gasteiger partial charge on any atom is 0.267 e. The number of hydrogen-bond acceptors (Lipinski definition) is 4. The van der Waals surface area contributed by atoms with E-state index in [1.54, 1.807) is 13.1 Å². The van der Waals surface area contributed by atoms with Crippen LogP contribution in [0.1, 0.15) is 42.9 Å². The summed E-state index contributed by atoms with van der Waals surface area (Å²) in [6.07, 6.45) is 17.0. The molecule has 0 bridgehead atoms. The molecule has 2 aromatic heterocycles. The second-order valence-corrected chi connectivity index (χ2v) is 8.59. The number of carbonyl (C=O) groups excluding carboxylic acids is 2. The number of allylic oxidation sites excluding steroid dienone is 7. The quantitative estimate of drug-likeness (QED) is 0.676. The van der Waals surface area contributed by atoms with Gasteiger partial charge in [-0.15, -0.1) is 0 Å². The molecular formula is C25H27N5O2. The minimum absolute atomic E-state index is 0.0692. The highest BCUT2D eigenvalue weighted by Gasteiger charge is 2.19.